The van der Waals surface area contributed by atoms with Gasteiger partial charge in [-0.15, -0.1) is 0 Å². The molecule has 0 saturated carbocycles. The quantitative estimate of drug-likeness (QED) is 0.920. The summed E-state index contributed by atoms with van der Waals surface area (Å²) in [7, 11) is 0. The van der Waals surface area contributed by atoms with Crippen LogP contribution < -0.4 is 0 Å². The minimum Gasteiger partial charge on any atom is -0.481 e. The average molecular weight is 290 g/mol. The number of aliphatic carboxylic acids is 1. The first kappa shape index (κ1) is 15.5. The van der Waals surface area contributed by atoms with Crippen molar-refractivity contribution in [3.05, 3.63) is 30.1 Å². The minimum atomic E-state index is -0.802. The first-order chi connectivity index (χ1) is 9.91. The number of amides is 1. The van der Waals surface area contributed by atoms with E-state index >= 15 is 0 Å². The van der Waals surface area contributed by atoms with Crippen molar-refractivity contribution >= 4 is 11.9 Å². The zero-order chi connectivity index (χ0) is 15.5. The third-order valence-corrected chi connectivity index (χ3v) is 4.40. The highest BCUT2D eigenvalue weighted by Crippen LogP contribution is 2.34. The number of hydrogen-bond donors (Lipinski definition) is 1. The number of aromatic nitrogens is 1. The first-order valence-electron chi connectivity index (χ1n) is 7.32. The number of carbonyl (C=O) groups excluding carboxylic acids is 1. The summed E-state index contributed by atoms with van der Waals surface area (Å²) in [6.07, 6.45) is 3.66. The maximum absolute atomic E-state index is 12.3. The number of carboxylic acids is 1. The monoisotopic (exact) mass is 290 g/mol. The van der Waals surface area contributed by atoms with Gasteiger partial charge in [-0.2, -0.15) is 0 Å². The fourth-order valence-corrected chi connectivity index (χ4v) is 2.74. The molecule has 21 heavy (non-hydrogen) atoms. The van der Waals surface area contributed by atoms with Gasteiger partial charge in [-0.1, -0.05) is 6.07 Å². The smallest absolute Gasteiger partial charge is 0.309 e. The Balaban J connectivity index is 2.01. The zero-order valence-electron chi connectivity index (χ0n) is 12.6. The number of piperidine rings is 1. The largest absolute Gasteiger partial charge is 0.481 e. The molecule has 1 N–H and O–H groups in total. The number of carboxylic acid groups (broad SMARTS) is 1. The van der Waals surface area contributed by atoms with Crippen molar-refractivity contribution in [1.29, 1.82) is 0 Å². The Morgan fingerprint density at radius 3 is 2.81 bits per heavy atom. The highest BCUT2D eigenvalue weighted by molar-refractivity contribution is 5.79. The standard InChI is InChI=1S/C16H22N2O3/c1-16(2,15(20)21)12-6-5-9-18(11-12)14(19)10-13-7-3-4-8-17-13/h3-4,7-8,12H,5-6,9-11H2,1-2H3,(H,20,21). The summed E-state index contributed by atoms with van der Waals surface area (Å²) in [5, 5.41) is 9.34. The second-order valence-corrected chi connectivity index (χ2v) is 6.20. The Labute approximate surface area is 125 Å². The van der Waals surface area contributed by atoms with Gasteiger partial charge in [-0.05, 0) is 44.7 Å². The van der Waals surface area contributed by atoms with Crippen LogP contribution in [-0.4, -0.2) is 40.0 Å². The van der Waals surface area contributed by atoms with Crippen LogP contribution in [0.3, 0.4) is 0 Å². The molecule has 5 heteroatoms. The lowest BCUT2D eigenvalue weighted by Gasteiger charge is -2.39. The molecular formula is C16H22N2O3. The zero-order valence-corrected chi connectivity index (χ0v) is 12.6. The molecule has 1 amide bonds. The fraction of sp³-hybridized carbons (Fsp3) is 0.562. The summed E-state index contributed by atoms with van der Waals surface area (Å²) in [5.74, 6) is -0.775. The van der Waals surface area contributed by atoms with E-state index in [1.54, 1.807) is 24.9 Å². The van der Waals surface area contributed by atoms with Gasteiger partial charge in [0.25, 0.3) is 0 Å². The van der Waals surface area contributed by atoms with Crippen molar-refractivity contribution in [3.8, 4) is 0 Å². The van der Waals surface area contributed by atoms with Crippen molar-refractivity contribution in [2.75, 3.05) is 13.1 Å². The van der Waals surface area contributed by atoms with Crippen molar-refractivity contribution in [1.82, 2.24) is 9.88 Å². The number of nitrogens with zero attached hydrogens (tertiary/aromatic N) is 2. The van der Waals surface area contributed by atoms with Gasteiger partial charge < -0.3 is 10.0 Å². The number of hydrogen-bond acceptors (Lipinski definition) is 3. The third kappa shape index (κ3) is 3.60. The maximum Gasteiger partial charge on any atom is 0.309 e. The third-order valence-electron chi connectivity index (χ3n) is 4.40. The van der Waals surface area contributed by atoms with Gasteiger partial charge in [0.05, 0.1) is 11.8 Å². The van der Waals surface area contributed by atoms with Crippen LogP contribution in [0.5, 0.6) is 0 Å². The summed E-state index contributed by atoms with van der Waals surface area (Å²) in [6, 6.07) is 5.52. The van der Waals surface area contributed by atoms with Crippen molar-refractivity contribution in [3.63, 3.8) is 0 Å². The van der Waals surface area contributed by atoms with Gasteiger partial charge >= 0.3 is 5.97 Å². The van der Waals surface area contributed by atoms with E-state index in [9.17, 15) is 14.7 Å². The molecule has 0 spiro atoms. The van der Waals surface area contributed by atoms with Crippen LogP contribution in [0.1, 0.15) is 32.4 Å². The molecule has 2 heterocycles. The van der Waals surface area contributed by atoms with Crippen LogP contribution in [0.4, 0.5) is 0 Å². The molecule has 1 atom stereocenters. The van der Waals surface area contributed by atoms with Crippen molar-refractivity contribution in [2.45, 2.75) is 33.1 Å². The van der Waals surface area contributed by atoms with E-state index in [2.05, 4.69) is 4.98 Å². The van der Waals surface area contributed by atoms with Crippen LogP contribution in [0.15, 0.2) is 24.4 Å². The van der Waals surface area contributed by atoms with E-state index in [1.807, 2.05) is 18.2 Å². The van der Waals surface area contributed by atoms with Gasteiger partial charge in [0.2, 0.25) is 5.91 Å². The molecule has 1 fully saturated rings. The molecule has 1 aromatic rings. The predicted octanol–water partition coefficient (Wildman–Crippen LogP) is 1.97. The number of likely N-dealkylation sites (tertiary alicyclic amines) is 1. The van der Waals surface area contributed by atoms with E-state index in [4.69, 9.17) is 0 Å². The molecule has 1 aromatic heterocycles. The van der Waals surface area contributed by atoms with Gasteiger partial charge in [-0.25, -0.2) is 0 Å². The Kier molecular flexibility index (Phi) is 4.60. The lowest BCUT2D eigenvalue weighted by atomic mass is 9.74. The van der Waals surface area contributed by atoms with Crippen LogP contribution in [-0.2, 0) is 16.0 Å². The van der Waals surface area contributed by atoms with E-state index < -0.39 is 11.4 Å². The molecule has 114 valence electrons. The van der Waals surface area contributed by atoms with E-state index in [0.717, 1.165) is 18.5 Å². The molecule has 1 aliphatic heterocycles. The summed E-state index contributed by atoms with van der Waals surface area (Å²) < 4.78 is 0. The highest BCUT2D eigenvalue weighted by Gasteiger charge is 2.39. The van der Waals surface area contributed by atoms with E-state index in [0.29, 0.717) is 13.1 Å². The minimum absolute atomic E-state index is 0.00330. The molecule has 2 rings (SSSR count). The molecule has 1 saturated heterocycles. The Morgan fingerprint density at radius 1 is 1.43 bits per heavy atom. The van der Waals surface area contributed by atoms with E-state index in [-0.39, 0.29) is 18.2 Å². The second-order valence-electron chi connectivity index (χ2n) is 6.20. The first-order valence-corrected chi connectivity index (χ1v) is 7.32. The Hall–Kier alpha value is -1.91. The topological polar surface area (TPSA) is 70.5 Å². The summed E-state index contributed by atoms with van der Waals surface area (Å²) >= 11 is 0. The molecule has 0 radical (unpaired) electrons. The Morgan fingerprint density at radius 2 is 2.19 bits per heavy atom. The van der Waals surface area contributed by atoms with Crippen LogP contribution in [0.25, 0.3) is 0 Å². The van der Waals surface area contributed by atoms with Gasteiger partial charge in [0.15, 0.2) is 0 Å². The molecule has 0 bridgehead atoms. The molecular weight excluding hydrogens is 268 g/mol. The SMILES string of the molecule is CC(C)(C(=O)O)C1CCCN(C(=O)Cc2ccccn2)C1. The lowest BCUT2D eigenvalue weighted by Crippen LogP contribution is -2.47. The van der Waals surface area contributed by atoms with E-state index in [1.165, 1.54) is 0 Å². The molecule has 1 aliphatic rings. The van der Waals surface area contributed by atoms with Gasteiger partial charge in [0, 0.05) is 25.0 Å². The maximum atomic E-state index is 12.3. The number of rotatable bonds is 4. The average Bonchev–Trinajstić information content (AvgIpc) is 2.48. The summed E-state index contributed by atoms with van der Waals surface area (Å²) in [5.41, 5.74) is -0.0497. The summed E-state index contributed by atoms with van der Waals surface area (Å²) in [6.45, 7) is 4.71. The molecule has 1 unspecified atom stereocenters. The summed E-state index contributed by atoms with van der Waals surface area (Å²) in [4.78, 5) is 29.7. The molecule has 5 nitrogen and oxygen atoms in total. The normalized spacial score (nSPS) is 19.3. The van der Waals surface area contributed by atoms with Crippen LogP contribution >= 0.6 is 0 Å². The second kappa shape index (κ2) is 6.24. The fourth-order valence-electron chi connectivity index (χ4n) is 2.74. The highest BCUT2D eigenvalue weighted by atomic mass is 16.4. The van der Waals surface area contributed by atoms with Crippen molar-refractivity contribution < 1.29 is 14.7 Å². The lowest BCUT2D eigenvalue weighted by molar-refractivity contribution is -0.153. The van der Waals surface area contributed by atoms with Gasteiger partial charge in [-0.3, -0.25) is 14.6 Å². The van der Waals surface area contributed by atoms with Crippen LogP contribution in [0, 0.1) is 11.3 Å². The number of pyridine rings is 1. The van der Waals surface area contributed by atoms with Gasteiger partial charge in [0.1, 0.15) is 0 Å². The molecule has 0 aromatic carbocycles. The predicted molar refractivity (Wildman–Crippen MR) is 78.7 cm³/mol. The Bertz CT molecular complexity index is 514. The van der Waals surface area contributed by atoms with Crippen LogP contribution in [0.2, 0.25) is 0 Å². The molecule has 0 aliphatic carbocycles. The van der Waals surface area contributed by atoms with Crippen molar-refractivity contribution in [2.24, 2.45) is 11.3 Å². The number of carbonyl (C=O) groups is 2.